The largest absolute Gasteiger partial charge is 0.370 e. The van der Waals surface area contributed by atoms with Crippen molar-refractivity contribution < 1.29 is 8.42 Å². The molecule has 0 bridgehead atoms. The molecule has 4 N–H and O–H groups in total. The fourth-order valence-corrected chi connectivity index (χ4v) is 4.65. The zero-order valence-electron chi connectivity index (χ0n) is 15.9. The third kappa shape index (κ3) is 7.74. The molecule has 1 saturated carbocycles. The van der Waals surface area contributed by atoms with Gasteiger partial charge in [0, 0.05) is 12.1 Å². The Morgan fingerprint density at radius 2 is 1.69 bits per heavy atom. The van der Waals surface area contributed by atoms with Crippen LogP contribution in [0, 0.1) is 0 Å². The lowest BCUT2D eigenvalue weighted by molar-refractivity contribution is 0.530. The lowest BCUT2D eigenvalue weighted by Crippen LogP contribution is -2.39. The number of hydrogen-bond donors (Lipinski definition) is 3. The Balaban J connectivity index is 1.86. The number of nitrogens with one attached hydrogen (secondary N) is 2. The average Bonchev–Trinajstić information content (AvgIpc) is 2.81. The van der Waals surface area contributed by atoms with E-state index in [1.54, 1.807) is 0 Å². The maximum absolute atomic E-state index is 12.0. The summed E-state index contributed by atoms with van der Waals surface area (Å²) in [6, 6.07) is 7.81. The van der Waals surface area contributed by atoms with Crippen LogP contribution in [0.4, 0.5) is 0 Å². The summed E-state index contributed by atoms with van der Waals surface area (Å²) in [6.07, 6.45) is 7.43. The molecule has 0 unspecified atom stereocenters. The van der Waals surface area contributed by atoms with E-state index in [0.29, 0.717) is 18.5 Å². The molecule has 0 heterocycles. The van der Waals surface area contributed by atoms with Crippen LogP contribution in [-0.2, 0) is 22.3 Å². The number of benzene rings is 1. The molecular formula is C19H32N4O2S. The quantitative estimate of drug-likeness (QED) is 0.385. The lowest BCUT2D eigenvalue weighted by Gasteiger charge is -2.16. The number of aliphatic imine (C=N–C) groups is 1. The summed E-state index contributed by atoms with van der Waals surface area (Å²) < 4.78 is 26.5. The molecule has 1 aliphatic rings. The van der Waals surface area contributed by atoms with Gasteiger partial charge in [0.1, 0.15) is 0 Å². The van der Waals surface area contributed by atoms with Crippen LogP contribution in [0.15, 0.2) is 29.3 Å². The van der Waals surface area contributed by atoms with Crippen LogP contribution in [0.1, 0.15) is 63.5 Å². The molecule has 0 radical (unpaired) electrons. The molecule has 1 fully saturated rings. The van der Waals surface area contributed by atoms with Crippen LogP contribution >= 0.6 is 0 Å². The predicted octanol–water partition coefficient (Wildman–Crippen LogP) is 2.64. The van der Waals surface area contributed by atoms with Crippen molar-refractivity contribution in [3.8, 4) is 0 Å². The highest BCUT2D eigenvalue weighted by Crippen LogP contribution is 2.17. The van der Waals surface area contributed by atoms with Gasteiger partial charge in [-0.3, -0.25) is 0 Å². The van der Waals surface area contributed by atoms with E-state index in [9.17, 15) is 8.42 Å². The molecular weight excluding hydrogens is 348 g/mol. The minimum atomic E-state index is -3.30. The Bertz CT molecular complexity index is 676. The molecule has 0 amide bonds. The second-order valence-corrected chi connectivity index (χ2v) is 9.14. The summed E-state index contributed by atoms with van der Waals surface area (Å²) in [6.45, 7) is 4.11. The molecule has 1 aromatic carbocycles. The van der Waals surface area contributed by atoms with E-state index in [4.69, 9.17) is 5.73 Å². The minimum Gasteiger partial charge on any atom is -0.370 e. The summed E-state index contributed by atoms with van der Waals surface area (Å²) in [5.41, 5.74) is 7.78. The Morgan fingerprint density at radius 1 is 1.12 bits per heavy atom. The number of nitrogens with zero attached hydrogens (tertiary/aromatic N) is 1. The molecule has 146 valence electrons. The van der Waals surface area contributed by atoms with Gasteiger partial charge >= 0.3 is 0 Å². The Hall–Kier alpha value is -1.60. The molecule has 7 heteroatoms. The second kappa shape index (κ2) is 9.92. The zero-order valence-corrected chi connectivity index (χ0v) is 16.7. The summed E-state index contributed by atoms with van der Waals surface area (Å²) in [7, 11) is -3.30. The van der Waals surface area contributed by atoms with Crippen molar-refractivity contribution in [2.45, 2.75) is 76.8 Å². The van der Waals surface area contributed by atoms with E-state index < -0.39 is 10.0 Å². The van der Waals surface area contributed by atoms with Gasteiger partial charge in [0.25, 0.3) is 0 Å². The first-order chi connectivity index (χ1) is 12.3. The smallest absolute Gasteiger partial charge is 0.216 e. The fourth-order valence-electron chi connectivity index (χ4n) is 3.22. The van der Waals surface area contributed by atoms with E-state index >= 15 is 0 Å². The first-order valence-electron chi connectivity index (χ1n) is 9.48. The van der Waals surface area contributed by atoms with Crippen molar-refractivity contribution >= 4 is 16.0 Å². The highest BCUT2D eigenvalue weighted by molar-refractivity contribution is 7.88. The van der Waals surface area contributed by atoms with Gasteiger partial charge in [0.2, 0.25) is 10.0 Å². The number of nitrogens with two attached hydrogens (primary N) is 1. The van der Waals surface area contributed by atoms with Crippen molar-refractivity contribution in [3.05, 3.63) is 35.4 Å². The first kappa shape index (κ1) is 20.7. The van der Waals surface area contributed by atoms with Crippen molar-refractivity contribution in [1.29, 1.82) is 0 Å². The molecule has 0 saturated heterocycles. The molecule has 1 aromatic rings. The van der Waals surface area contributed by atoms with Crippen molar-refractivity contribution in [3.63, 3.8) is 0 Å². The van der Waals surface area contributed by atoms with Gasteiger partial charge in [-0.25, -0.2) is 18.1 Å². The van der Waals surface area contributed by atoms with Crippen LogP contribution in [0.3, 0.4) is 0 Å². The van der Waals surface area contributed by atoms with Gasteiger partial charge in [0.05, 0.1) is 12.3 Å². The predicted molar refractivity (Wildman–Crippen MR) is 107 cm³/mol. The van der Waals surface area contributed by atoms with E-state index in [2.05, 4.69) is 15.0 Å². The molecule has 6 nitrogen and oxygen atoms in total. The summed E-state index contributed by atoms with van der Waals surface area (Å²) in [5.74, 6) is 0.477. The highest BCUT2D eigenvalue weighted by atomic mass is 32.2. The van der Waals surface area contributed by atoms with Gasteiger partial charge < -0.3 is 11.1 Å². The van der Waals surface area contributed by atoms with E-state index in [1.807, 2.05) is 38.1 Å². The topological polar surface area (TPSA) is 96.6 Å². The summed E-state index contributed by atoms with van der Waals surface area (Å²) >= 11 is 0. The number of sulfonamides is 1. The van der Waals surface area contributed by atoms with Crippen LogP contribution in [0.5, 0.6) is 0 Å². The van der Waals surface area contributed by atoms with E-state index in [0.717, 1.165) is 24.0 Å². The van der Waals surface area contributed by atoms with Gasteiger partial charge in [0.15, 0.2) is 5.96 Å². The first-order valence-corrected chi connectivity index (χ1v) is 11.1. The average molecular weight is 381 g/mol. The van der Waals surface area contributed by atoms with Crippen molar-refractivity contribution in [2.75, 3.05) is 0 Å². The molecule has 26 heavy (non-hydrogen) atoms. The normalized spacial score (nSPS) is 17.3. The van der Waals surface area contributed by atoms with Gasteiger partial charge in [-0.05, 0) is 37.8 Å². The van der Waals surface area contributed by atoms with Crippen molar-refractivity contribution in [1.82, 2.24) is 10.0 Å². The van der Waals surface area contributed by atoms with Crippen LogP contribution < -0.4 is 15.8 Å². The maximum Gasteiger partial charge on any atom is 0.216 e. The molecule has 1 aliphatic carbocycles. The van der Waals surface area contributed by atoms with Crippen LogP contribution in [-0.4, -0.2) is 26.5 Å². The maximum atomic E-state index is 12.0. The minimum absolute atomic E-state index is 0.0138. The van der Waals surface area contributed by atoms with Gasteiger partial charge in [-0.2, -0.15) is 0 Å². The second-order valence-electron chi connectivity index (χ2n) is 7.38. The van der Waals surface area contributed by atoms with E-state index in [-0.39, 0.29) is 11.8 Å². The third-order valence-corrected chi connectivity index (χ3v) is 5.98. The Morgan fingerprint density at radius 3 is 2.27 bits per heavy atom. The Labute approximate surface area is 157 Å². The molecule has 0 aliphatic heterocycles. The molecule has 2 rings (SSSR count). The Kier molecular flexibility index (Phi) is 7.90. The number of hydrogen-bond acceptors (Lipinski definition) is 3. The zero-order chi connectivity index (χ0) is 19.0. The van der Waals surface area contributed by atoms with Gasteiger partial charge in [-0.15, -0.1) is 0 Å². The molecule has 0 aromatic heterocycles. The number of guanidine groups is 1. The third-order valence-electron chi connectivity index (χ3n) is 4.43. The van der Waals surface area contributed by atoms with Crippen molar-refractivity contribution in [2.24, 2.45) is 10.7 Å². The SMILES string of the molecule is CC(C)NS(=O)(=O)Cc1ccc(CN=C(N)NC2CCCCCC2)cc1. The van der Waals surface area contributed by atoms with Crippen LogP contribution in [0.25, 0.3) is 0 Å². The summed E-state index contributed by atoms with van der Waals surface area (Å²) in [4.78, 5) is 4.42. The highest BCUT2D eigenvalue weighted by Gasteiger charge is 2.13. The summed E-state index contributed by atoms with van der Waals surface area (Å²) in [5, 5.41) is 3.33. The fraction of sp³-hybridized carbons (Fsp3) is 0.632. The monoisotopic (exact) mass is 380 g/mol. The number of rotatable bonds is 7. The van der Waals surface area contributed by atoms with Crippen LogP contribution in [0.2, 0.25) is 0 Å². The molecule has 0 spiro atoms. The van der Waals surface area contributed by atoms with E-state index in [1.165, 1.54) is 25.7 Å². The standard InChI is InChI=1S/C19H32N4O2S/c1-15(2)23-26(24,25)14-17-11-9-16(10-12-17)13-21-19(20)22-18-7-5-3-4-6-8-18/h9-12,15,18,23H,3-8,13-14H2,1-2H3,(H3,20,21,22). The van der Waals surface area contributed by atoms with Gasteiger partial charge in [-0.1, -0.05) is 49.9 Å². The molecule has 0 atom stereocenters. The lowest BCUT2D eigenvalue weighted by atomic mass is 10.1.